The molecule has 0 saturated carbocycles. The average Bonchev–Trinajstić information content (AvgIpc) is 2.91. The van der Waals surface area contributed by atoms with Crippen molar-refractivity contribution in [1.29, 1.82) is 0 Å². The van der Waals surface area contributed by atoms with E-state index in [0.29, 0.717) is 22.9 Å². The molecular weight excluding hydrogens is 417 g/mol. The van der Waals surface area contributed by atoms with Gasteiger partial charge in [-0.25, -0.2) is 14.4 Å². The Morgan fingerprint density at radius 3 is 2.96 bits per heavy atom. The van der Waals surface area contributed by atoms with Crippen molar-refractivity contribution in [3.63, 3.8) is 0 Å². The molecule has 1 saturated heterocycles. The van der Waals surface area contributed by atoms with Gasteiger partial charge in [-0.2, -0.15) is 0 Å². The Kier molecular flexibility index (Phi) is 4.51. The van der Waals surface area contributed by atoms with E-state index in [0.717, 1.165) is 31.6 Å². The summed E-state index contributed by atoms with van der Waals surface area (Å²) in [6.07, 6.45) is 6.38. The van der Waals surface area contributed by atoms with Crippen molar-refractivity contribution in [2.24, 2.45) is 0 Å². The Bertz CT molecular complexity index is 822. The number of benzene rings is 1. The molecule has 128 valence electrons. The van der Waals surface area contributed by atoms with Crippen molar-refractivity contribution in [2.75, 3.05) is 24.3 Å². The first kappa shape index (κ1) is 16.7. The maximum Gasteiger partial charge on any atom is 0.189 e. The van der Waals surface area contributed by atoms with Crippen molar-refractivity contribution < 1.29 is 9.13 Å². The van der Waals surface area contributed by atoms with E-state index in [9.17, 15) is 4.39 Å². The van der Waals surface area contributed by atoms with Gasteiger partial charge in [0.05, 0.1) is 15.9 Å². The fourth-order valence-electron chi connectivity index (χ4n) is 3.45. The van der Waals surface area contributed by atoms with Gasteiger partial charge in [0.2, 0.25) is 0 Å². The van der Waals surface area contributed by atoms with E-state index in [4.69, 9.17) is 21.3 Å². The summed E-state index contributed by atoms with van der Waals surface area (Å²) in [5.41, 5.74) is 0.264. The van der Waals surface area contributed by atoms with Crippen molar-refractivity contribution >= 4 is 56.0 Å². The summed E-state index contributed by atoms with van der Waals surface area (Å²) in [7, 11) is 0. The molecule has 8 heteroatoms. The second-order valence-electron chi connectivity index (χ2n) is 6.04. The van der Waals surface area contributed by atoms with Gasteiger partial charge in [0.25, 0.3) is 0 Å². The number of aromatic nitrogens is 2. The van der Waals surface area contributed by atoms with Crippen molar-refractivity contribution in [3.05, 3.63) is 15.3 Å². The van der Waals surface area contributed by atoms with Gasteiger partial charge in [0, 0.05) is 6.54 Å². The third-order valence-corrected chi connectivity index (χ3v) is 6.52. The molecule has 1 aromatic carbocycles. The Hall–Kier alpha value is -0.790. The Morgan fingerprint density at radius 2 is 2.17 bits per heavy atom. The molecule has 2 aliphatic heterocycles. The van der Waals surface area contributed by atoms with Gasteiger partial charge in [-0.1, -0.05) is 36.2 Å². The fraction of sp³-hybridized carbons (Fsp3) is 0.500. The van der Waals surface area contributed by atoms with E-state index in [1.165, 1.54) is 18.2 Å². The third-order valence-electron chi connectivity index (χ3n) is 4.64. The maximum absolute atomic E-state index is 14.8. The lowest BCUT2D eigenvalue weighted by molar-refractivity contribution is 0.284. The summed E-state index contributed by atoms with van der Waals surface area (Å²) in [4.78, 5) is 11.3. The lowest BCUT2D eigenvalue weighted by Crippen LogP contribution is -2.38. The first-order valence-electron chi connectivity index (χ1n) is 7.93. The Balaban J connectivity index is 2.06. The van der Waals surface area contributed by atoms with Crippen LogP contribution in [0.15, 0.2) is 9.63 Å². The van der Waals surface area contributed by atoms with Gasteiger partial charge in [-0.3, -0.25) is 0 Å². The van der Waals surface area contributed by atoms with E-state index >= 15 is 0 Å². The van der Waals surface area contributed by atoms with Crippen LogP contribution >= 0.6 is 39.3 Å². The molecule has 2 aromatic rings. The predicted octanol–water partition coefficient (Wildman–Crippen LogP) is 5.05. The van der Waals surface area contributed by atoms with Crippen molar-refractivity contribution in [3.8, 4) is 5.75 Å². The smallest absolute Gasteiger partial charge is 0.189 e. The zero-order valence-corrected chi connectivity index (χ0v) is 16.3. The molecule has 1 aromatic heterocycles. The number of hydrogen-bond acceptors (Lipinski definition) is 5. The second kappa shape index (κ2) is 6.50. The quantitative estimate of drug-likeness (QED) is 0.358. The highest BCUT2D eigenvalue weighted by Crippen LogP contribution is 2.47. The molecular formula is C16H16BrClFN3OS. The van der Waals surface area contributed by atoms with Crippen LogP contribution in [0.3, 0.4) is 0 Å². The summed E-state index contributed by atoms with van der Waals surface area (Å²) in [5.74, 6) is 0.766. The SMILES string of the molecule is CSc1nc2c3c(c(Cl)c(Br)c(F)c3n1)OCC1CCCCCN21. The van der Waals surface area contributed by atoms with Gasteiger partial charge in [0.15, 0.2) is 16.7 Å². The molecule has 2 aliphatic rings. The molecule has 4 rings (SSSR count). The van der Waals surface area contributed by atoms with Crippen molar-refractivity contribution in [1.82, 2.24) is 9.97 Å². The van der Waals surface area contributed by atoms with E-state index in [2.05, 4.69) is 25.8 Å². The van der Waals surface area contributed by atoms with Gasteiger partial charge in [0.1, 0.15) is 23.0 Å². The van der Waals surface area contributed by atoms with Crippen LogP contribution in [0.2, 0.25) is 5.02 Å². The first-order chi connectivity index (χ1) is 11.6. The topological polar surface area (TPSA) is 38.3 Å². The summed E-state index contributed by atoms with van der Waals surface area (Å²) in [5, 5.41) is 1.39. The molecule has 1 unspecified atom stereocenters. The molecule has 1 atom stereocenters. The van der Waals surface area contributed by atoms with E-state index in [1.54, 1.807) is 0 Å². The van der Waals surface area contributed by atoms with Crippen LogP contribution in [0.25, 0.3) is 10.9 Å². The zero-order valence-electron chi connectivity index (χ0n) is 13.1. The average molecular weight is 433 g/mol. The Labute approximate surface area is 157 Å². The number of ether oxygens (including phenoxy) is 1. The molecule has 1 fully saturated rings. The molecule has 0 radical (unpaired) electrons. The molecule has 0 spiro atoms. The van der Waals surface area contributed by atoms with Crippen LogP contribution in [0.1, 0.15) is 25.7 Å². The lowest BCUT2D eigenvalue weighted by atomic mass is 10.1. The minimum Gasteiger partial charge on any atom is -0.489 e. The molecule has 0 bridgehead atoms. The van der Waals surface area contributed by atoms with Crippen LogP contribution in [0, 0.1) is 5.82 Å². The molecule has 0 aliphatic carbocycles. The highest BCUT2D eigenvalue weighted by atomic mass is 79.9. The van der Waals surface area contributed by atoms with Crippen LogP contribution in [0.5, 0.6) is 5.75 Å². The number of thioether (sulfide) groups is 1. The van der Waals surface area contributed by atoms with Crippen LogP contribution in [-0.4, -0.2) is 35.4 Å². The number of hydrogen-bond donors (Lipinski definition) is 0. The van der Waals surface area contributed by atoms with Gasteiger partial charge in [-0.05, 0) is 35.0 Å². The van der Waals surface area contributed by atoms with E-state index in [1.807, 2.05) is 6.26 Å². The van der Waals surface area contributed by atoms with Crippen LogP contribution in [-0.2, 0) is 0 Å². The highest BCUT2D eigenvalue weighted by molar-refractivity contribution is 9.10. The third kappa shape index (κ3) is 2.56. The standard InChI is InChI=1S/C16H16BrClFN3OS/c1-24-16-20-13-9-14(11(18)10(17)12(13)19)23-7-8-5-3-2-4-6-22(8)15(9)21-16/h8H,2-7H2,1H3. The first-order valence-corrected chi connectivity index (χ1v) is 10.3. The van der Waals surface area contributed by atoms with Gasteiger partial charge >= 0.3 is 0 Å². The molecule has 24 heavy (non-hydrogen) atoms. The molecule has 0 N–H and O–H groups in total. The minimum atomic E-state index is -0.463. The van der Waals surface area contributed by atoms with E-state index < -0.39 is 5.82 Å². The van der Waals surface area contributed by atoms with E-state index in [-0.39, 0.29) is 21.1 Å². The fourth-order valence-corrected chi connectivity index (χ4v) is 4.41. The van der Waals surface area contributed by atoms with Crippen LogP contribution in [0.4, 0.5) is 10.2 Å². The number of halogens is 3. The predicted molar refractivity (Wildman–Crippen MR) is 99.1 cm³/mol. The molecule has 4 nitrogen and oxygen atoms in total. The van der Waals surface area contributed by atoms with Crippen LogP contribution < -0.4 is 9.64 Å². The van der Waals surface area contributed by atoms with Crippen molar-refractivity contribution in [2.45, 2.75) is 36.9 Å². The molecule has 3 heterocycles. The summed E-state index contributed by atoms with van der Waals surface area (Å²) in [6.45, 7) is 1.42. The summed E-state index contributed by atoms with van der Waals surface area (Å²) < 4.78 is 21.1. The normalized spacial score (nSPS) is 20.3. The number of rotatable bonds is 1. The number of fused-ring (bicyclic) bond motifs is 2. The zero-order chi connectivity index (χ0) is 16.8. The van der Waals surface area contributed by atoms with Gasteiger partial charge in [-0.15, -0.1) is 0 Å². The van der Waals surface area contributed by atoms with Gasteiger partial charge < -0.3 is 9.64 Å². The minimum absolute atomic E-state index is 0.195. The second-order valence-corrected chi connectivity index (χ2v) is 7.98. The maximum atomic E-state index is 14.8. The number of nitrogens with zero attached hydrogens (tertiary/aromatic N) is 3. The summed E-state index contributed by atoms with van der Waals surface area (Å²) >= 11 is 11.0. The molecule has 0 amide bonds. The summed E-state index contributed by atoms with van der Waals surface area (Å²) in [6, 6.07) is 0.227. The lowest BCUT2D eigenvalue weighted by Gasteiger charge is -2.29. The largest absolute Gasteiger partial charge is 0.489 e. The highest BCUT2D eigenvalue weighted by Gasteiger charge is 2.33. The Morgan fingerprint density at radius 1 is 1.33 bits per heavy atom. The number of anilines is 1. The monoisotopic (exact) mass is 431 g/mol.